The number of piperazine rings is 1. The van der Waals surface area contributed by atoms with Crippen LogP contribution in [0.3, 0.4) is 0 Å². The van der Waals surface area contributed by atoms with Crippen molar-refractivity contribution in [1.29, 1.82) is 0 Å². The number of benzene rings is 2. The van der Waals surface area contributed by atoms with Gasteiger partial charge in [0.2, 0.25) is 17.5 Å². The van der Waals surface area contributed by atoms with Gasteiger partial charge in [-0.2, -0.15) is 0 Å². The van der Waals surface area contributed by atoms with Crippen molar-refractivity contribution in [3.63, 3.8) is 0 Å². The summed E-state index contributed by atoms with van der Waals surface area (Å²) >= 11 is 6.38. The maximum Gasteiger partial charge on any atom is 0.262 e. The fourth-order valence-electron chi connectivity index (χ4n) is 10.5. The van der Waals surface area contributed by atoms with Gasteiger partial charge < -0.3 is 19.6 Å². The van der Waals surface area contributed by atoms with Gasteiger partial charge in [-0.1, -0.05) is 17.7 Å². The Morgan fingerprint density at radius 1 is 0.918 bits per heavy atom. The van der Waals surface area contributed by atoms with Crippen LogP contribution in [0.15, 0.2) is 48.7 Å². The van der Waals surface area contributed by atoms with Crippen molar-refractivity contribution in [1.82, 2.24) is 25.0 Å². The van der Waals surface area contributed by atoms with Crippen LogP contribution in [0.25, 0.3) is 4.85 Å². The lowest BCUT2D eigenvalue weighted by Crippen LogP contribution is -2.54. The van der Waals surface area contributed by atoms with Crippen LogP contribution in [0.5, 0.6) is 0 Å². The number of carbonyl (C=O) groups is 5. The van der Waals surface area contributed by atoms with Gasteiger partial charge in [0.15, 0.2) is 0 Å². The molecule has 1 unspecified atom stereocenters. The first-order valence-electron chi connectivity index (χ1n) is 21.4. The summed E-state index contributed by atoms with van der Waals surface area (Å²) in [6, 6.07) is 11.4. The topological polar surface area (TPSA) is 134 Å². The Bertz CT molecular complexity index is 2310. The molecule has 5 amide bonds. The van der Waals surface area contributed by atoms with Gasteiger partial charge in [-0.15, -0.1) is 0 Å². The predicted molar refractivity (Wildman–Crippen MR) is 228 cm³/mol. The zero-order valence-corrected chi connectivity index (χ0v) is 35.0. The number of hydrogen-bond donors (Lipinski definition) is 1. The number of aromatic nitrogens is 1. The Morgan fingerprint density at radius 2 is 1.64 bits per heavy atom. The Hall–Kier alpha value is -5.59. The van der Waals surface area contributed by atoms with Gasteiger partial charge in [0.25, 0.3) is 17.7 Å². The minimum atomic E-state index is -1.10. The van der Waals surface area contributed by atoms with Crippen molar-refractivity contribution in [3.8, 4) is 0 Å². The van der Waals surface area contributed by atoms with Crippen molar-refractivity contribution in [2.45, 2.75) is 64.0 Å². The molecule has 1 aromatic heterocycles. The molecular formula is C45H49ClFN9O5. The van der Waals surface area contributed by atoms with E-state index in [1.165, 1.54) is 6.07 Å². The second-order valence-electron chi connectivity index (χ2n) is 17.6. The zero-order chi connectivity index (χ0) is 42.6. The van der Waals surface area contributed by atoms with E-state index in [0.717, 1.165) is 80.8 Å². The first kappa shape index (κ1) is 40.8. The van der Waals surface area contributed by atoms with Crippen LogP contribution in [0.4, 0.5) is 27.3 Å². The van der Waals surface area contributed by atoms with E-state index in [2.05, 4.69) is 31.8 Å². The van der Waals surface area contributed by atoms with E-state index < -0.39 is 35.5 Å². The van der Waals surface area contributed by atoms with Crippen LogP contribution >= 0.6 is 11.6 Å². The minimum Gasteiger partial charge on any atom is -0.368 e. The molecule has 14 nitrogen and oxygen atoms in total. The molecule has 1 N–H and O–H groups in total. The molecule has 5 saturated heterocycles. The highest BCUT2D eigenvalue weighted by atomic mass is 35.5. The van der Waals surface area contributed by atoms with Crippen LogP contribution in [0.1, 0.15) is 82.9 Å². The number of anilines is 3. The molecular weight excluding hydrogens is 801 g/mol. The van der Waals surface area contributed by atoms with E-state index in [1.54, 1.807) is 6.20 Å². The largest absolute Gasteiger partial charge is 0.368 e. The molecule has 2 atom stereocenters. The fraction of sp³-hybridized carbons (Fsp3) is 0.489. The van der Waals surface area contributed by atoms with E-state index in [-0.39, 0.29) is 41.0 Å². The smallest absolute Gasteiger partial charge is 0.262 e. The molecule has 9 rings (SSSR count). The molecule has 3 aromatic rings. The van der Waals surface area contributed by atoms with Crippen molar-refractivity contribution in [2.24, 2.45) is 11.3 Å². The Labute approximate surface area is 359 Å². The summed E-state index contributed by atoms with van der Waals surface area (Å²) in [5, 5.41) is 2.68. The Balaban J connectivity index is 0.725. The lowest BCUT2D eigenvalue weighted by atomic mass is 9.77. The van der Waals surface area contributed by atoms with Crippen molar-refractivity contribution < 1.29 is 28.4 Å². The number of imide groups is 2. The number of rotatable bonds is 7. The first-order valence-corrected chi connectivity index (χ1v) is 21.7. The summed E-state index contributed by atoms with van der Waals surface area (Å²) in [6.07, 6.45) is 6.78. The molecule has 0 radical (unpaired) electrons. The van der Waals surface area contributed by atoms with E-state index in [9.17, 15) is 24.0 Å². The number of hydrogen-bond acceptors (Lipinski definition) is 10. The van der Waals surface area contributed by atoms with Crippen LogP contribution < -0.4 is 20.0 Å². The van der Waals surface area contributed by atoms with Gasteiger partial charge in [-0.3, -0.25) is 39.1 Å². The zero-order valence-electron chi connectivity index (χ0n) is 34.2. The maximum atomic E-state index is 15.5. The molecule has 1 spiro atoms. The van der Waals surface area contributed by atoms with E-state index in [0.29, 0.717) is 67.5 Å². The third kappa shape index (κ3) is 7.80. The van der Waals surface area contributed by atoms with Crippen LogP contribution in [-0.2, 0) is 9.59 Å². The number of nitrogens with one attached hydrogen (secondary N) is 1. The predicted octanol–water partition coefficient (Wildman–Crippen LogP) is 5.39. The van der Waals surface area contributed by atoms with Crippen molar-refractivity contribution in [3.05, 3.63) is 87.6 Å². The monoisotopic (exact) mass is 849 g/mol. The summed E-state index contributed by atoms with van der Waals surface area (Å²) in [4.78, 5) is 84.1. The van der Waals surface area contributed by atoms with E-state index in [4.69, 9.17) is 23.2 Å². The quantitative estimate of drug-likeness (QED) is 0.244. The van der Waals surface area contributed by atoms with Crippen LogP contribution in [-0.4, -0.2) is 127 Å². The summed E-state index contributed by atoms with van der Waals surface area (Å²) in [7, 11) is 0. The van der Waals surface area contributed by atoms with Crippen LogP contribution in [0.2, 0.25) is 5.02 Å². The Kier molecular flexibility index (Phi) is 10.9. The highest BCUT2D eigenvalue weighted by molar-refractivity contribution is 6.33. The molecule has 0 bridgehead atoms. The van der Waals surface area contributed by atoms with Gasteiger partial charge in [0.1, 0.15) is 17.7 Å². The van der Waals surface area contributed by atoms with Crippen molar-refractivity contribution >= 4 is 64.0 Å². The Morgan fingerprint density at radius 3 is 2.30 bits per heavy atom. The molecule has 0 saturated carbocycles. The average Bonchev–Trinajstić information content (AvgIpc) is 3.71. The van der Waals surface area contributed by atoms with E-state index in [1.807, 2.05) is 40.1 Å². The number of carbonyl (C=O) groups excluding carboxylic acids is 5. The number of amides is 5. The summed E-state index contributed by atoms with van der Waals surface area (Å²) in [5.74, 6) is -1.80. The van der Waals surface area contributed by atoms with Gasteiger partial charge >= 0.3 is 0 Å². The third-order valence-electron chi connectivity index (χ3n) is 13.9. The SMILES string of the molecule is [C-]#[N+]c1ccc(N2CC3(CCN(c4ccc(C(=O)N5CCC(CN6CCN(c7cc8c(cc7F)C(=O)N(C7CCC(=O)NC7=O)C8=O)CC6)CC5)cn4)CC3)C[C@@H]2C)cc1Cl. The summed E-state index contributed by atoms with van der Waals surface area (Å²) < 4.78 is 15.5. The fourth-order valence-corrected chi connectivity index (χ4v) is 10.7. The average molecular weight is 850 g/mol. The standard InChI is InChI=1S/C45H49ClFN9O5/c1-28-24-45(27-55(28)31-4-5-36(48-2)34(46)21-31)11-15-53(16-12-45)39-7-3-30(25-49-39)42(59)54-13-9-29(10-14-54)26-51-17-19-52(20-18-51)38-23-33-32(22-35(38)47)43(60)56(44(33)61)37-6-8-40(57)50-41(37)58/h3-5,7,21-23,25,28-29,37H,6,8-20,24,26-27H2,1H3,(H,50,57,58)/t28-,37?/m0/s1. The molecule has 5 fully saturated rings. The molecule has 318 valence electrons. The number of piperidine rings is 3. The highest BCUT2D eigenvalue weighted by Crippen LogP contribution is 2.46. The van der Waals surface area contributed by atoms with Gasteiger partial charge in [0, 0.05) is 94.8 Å². The summed E-state index contributed by atoms with van der Waals surface area (Å²) in [5.41, 5.74) is 2.62. The van der Waals surface area contributed by atoms with Gasteiger partial charge in [0.05, 0.1) is 28.9 Å². The first-order chi connectivity index (χ1) is 29.4. The second-order valence-corrected chi connectivity index (χ2v) is 18.0. The van der Waals surface area contributed by atoms with Crippen molar-refractivity contribution in [2.75, 3.05) is 80.1 Å². The van der Waals surface area contributed by atoms with E-state index >= 15 is 4.39 Å². The molecule has 2 aromatic carbocycles. The lowest BCUT2D eigenvalue weighted by molar-refractivity contribution is -0.136. The minimum absolute atomic E-state index is 0.00469. The van der Waals surface area contributed by atoms with Gasteiger partial charge in [-0.05, 0) is 93.2 Å². The summed E-state index contributed by atoms with van der Waals surface area (Å²) in [6.45, 7) is 17.1. The number of likely N-dealkylation sites (tertiary alicyclic amines) is 1. The second kappa shape index (κ2) is 16.4. The highest BCUT2D eigenvalue weighted by Gasteiger charge is 2.46. The molecule has 7 heterocycles. The number of pyridine rings is 1. The molecule has 61 heavy (non-hydrogen) atoms. The lowest BCUT2D eigenvalue weighted by Gasteiger charge is -2.40. The third-order valence-corrected chi connectivity index (χ3v) is 14.2. The van der Waals surface area contributed by atoms with Gasteiger partial charge in [-0.25, -0.2) is 14.2 Å². The normalized spacial score (nSPS) is 23.5. The number of nitrogens with zero attached hydrogens (tertiary/aromatic N) is 8. The molecule has 0 aliphatic carbocycles. The number of fused-ring (bicyclic) bond motifs is 1. The number of halogens is 2. The maximum absolute atomic E-state index is 15.5. The molecule has 6 aliphatic heterocycles. The molecule has 6 aliphatic rings. The van der Waals surface area contributed by atoms with Crippen LogP contribution in [0, 0.1) is 23.7 Å². The molecule has 16 heteroatoms.